The summed E-state index contributed by atoms with van der Waals surface area (Å²) in [6, 6.07) is 0. The van der Waals surface area contributed by atoms with E-state index in [1.165, 1.54) is 96.0 Å². The van der Waals surface area contributed by atoms with Crippen LogP contribution in [0, 0.1) is 0 Å². The van der Waals surface area contributed by atoms with Crippen LogP contribution in [0.1, 0.15) is 103 Å². The predicted molar refractivity (Wildman–Crippen MR) is 103 cm³/mol. The van der Waals surface area contributed by atoms with Crippen LogP contribution in [0.5, 0.6) is 0 Å². The van der Waals surface area contributed by atoms with Crippen molar-refractivity contribution >= 4 is 5.94 Å². The predicted octanol–water partition coefficient (Wildman–Crippen LogP) is 7.36. The van der Waals surface area contributed by atoms with Crippen LogP contribution in [-0.2, 0) is 4.79 Å². The molecule has 0 aliphatic carbocycles. The third kappa shape index (κ3) is 20.9. The molecular weight excluding hydrogens is 280 g/mol. The Balaban J connectivity index is 3.11. The first kappa shape index (κ1) is 21.9. The molecule has 1 nitrogen and oxygen atoms in total. The van der Waals surface area contributed by atoms with Crippen molar-refractivity contribution in [2.75, 3.05) is 0 Å². The minimum absolute atomic E-state index is 0.687. The maximum Gasteiger partial charge on any atom is 0.120 e. The van der Waals surface area contributed by atoms with Crippen molar-refractivity contribution in [1.82, 2.24) is 0 Å². The minimum atomic E-state index is 0.687. The first-order valence-electron chi connectivity index (χ1n) is 9.92. The molecule has 0 amide bonds. The minimum Gasteiger partial charge on any atom is -0.234 e. The van der Waals surface area contributed by atoms with E-state index in [9.17, 15) is 4.79 Å². The molecule has 0 bridgehead atoms. The van der Waals surface area contributed by atoms with Crippen LogP contribution in [0.3, 0.4) is 0 Å². The van der Waals surface area contributed by atoms with Gasteiger partial charge in [-0.05, 0) is 19.3 Å². The lowest BCUT2D eigenvalue weighted by atomic mass is 10.0. The van der Waals surface area contributed by atoms with E-state index in [2.05, 4.69) is 19.1 Å². The van der Waals surface area contributed by atoms with E-state index in [0.29, 0.717) is 6.42 Å². The molecule has 0 aromatic rings. The Morgan fingerprint density at radius 1 is 0.652 bits per heavy atom. The topological polar surface area (TPSA) is 17.1 Å². The maximum atomic E-state index is 9.95. The average Bonchev–Trinajstić information content (AvgIpc) is 2.57. The van der Waals surface area contributed by atoms with E-state index in [-0.39, 0.29) is 0 Å². The molecular formula is C22H38O. The summed E-state index contributed by atoms with van der Waals surface area (Å²) in [7, 11) is 0. The van der Waals surface area contributed by atoms with Crippen LogP contribution in [0.15, 0.2) is 30.4 Å². The Labute approximate surface area is 144 Å². The third-order valence-corrected chi connectivity index (χ3v) is 4.19. The summed E-state index contributed by atoms with van der Waals surface area (Å²) in [6.45, 7) is 2.28. The van der Waals surface area contributed by atoms with Gasteiger partial charge in [0.1, 0.15) is 5.94 Å². The molecule has 23 heavy (non-hydrogen) atoms. The van der Waals surface area contributed by atoms with E-state index in [1.807, 2.05) is 12.2 Å². The summed E-state index contributed by atoms with van der Waals surface area (Å²) < 4.78 is 0. The molecule has 132 valence electrons. The normalized spacial score (nSPS) is 11.3. The number of allylic oxidation sites excluding steroid dienone is 5. The monoisotopic (exact) mass is 318 g/mol. The second kappa shape index (κ2) is 20.9. The molecule has 0 saturated carbocycles. The molecule has 0 unspecified atom stereocenters. The van der Waals surface area contributed by atoms with Gasteiger partial charge in [-0.1, -0.05) is 108 Å². The Morgan fingerprint density at radius 2 is 1.13 bits per heavy atom. The van der Waals surface area contributed by atoms with Crippen LogP contribution in [-0.4, -0.2) is 5.94 Å². The van der Waals surface area contributed by atoms with Crippen molar-refractivity contribution in [2.24, 2.45) is 0 Å². The number of carbonyl (C=O) groups excluding carboxylic acids is 1. The van der Waals surface area contributed by atoms with E-state index in [1.54, 1.807) is 5.94 Å². The molecule has 0 saturated heterocycles. The molecule has 0 aromatic heterocycles. The Hall–Kier alpha value is -1.07. The van der Waals surface area contributed by atoms with Crippen molar-refractivity contribution in [3.8, 4) is 0 Å². The van der Waals surface area contributed by atoms with Crippen LogP contribution >= 0.6 is 0 Å². The highest BCUT2D eigenvalue weighted by molar-refractivity contribution is 5.45. The SMILES string of the molecule is CCCCCCCCCCCCCCC/C=C/C=C/CC=C=O. The first-order chi connectivity index (χ1) is 11.4. The molecule has 0 aromatic carbocycles. The van der Waals surface area contributed by atoms with Gasteiger partial charge in [0.25, 0.3) is 0 Å². The van der Waals surface area contributed by atoms with Gasteiger partial charge < -0.3 is 0 Å². The fraction of sp³-hybridized carbons (Fsp3) is 0.727. The van der Waals surface area contributed by atoms with Crippen LogP contribution < -0.4 is 0 Å². The van der Waals surface area contributed by atoms with Gasteiger partial charge in [0, 0.05) is 6.08 Å². The molecule has 0 spiro atoms. The average molecular weight is 319 g/mol. The van der Waals surface area contributed by atoms with E-state index in [0.717, 1.165) is 0 Å². The van der Waals surface area contributed by atoms with Gasteiger partial charge in [0.2, 0.25) is 0 Å². The molecule has 0 aliphatic rings. The number of hydrogen-bond donors (Lipinski definition) is 0. The van der Waals surface area contributed by atoms with Crippen molar-refractivity contribution in [3.05, 3.63) is 30.4 Å². The molecule has 0 aliphatic heterocycles. The first-order valence-corrected chi connectivity index (χ1v) is 9.92. The highest BCUT2D eigenvalue weighted by Crippen LogP contribution is 2.12. The van der Waals surface area contributed by atoms with Crippen molar-refractivity contribution < 1.29 is 4.79 Å². The molecule has 0 radical (unpaired) electrons. The van der Waals surface area contributed by atoms with Crippen molar-refractivity contribution in [3.63, 3.8) is 0 Å². The summed E-state index contributed by atoms with van der Waals surface area (Å²) in [5.74, 6) is 1.77. The zero-order valence-electron chi connectivity index (χ0n) is 15.4. The molecule has 0 heterocycles. The van der Waals surface area contributed by atoms with Crippen molar-refractivity contribution in [2.45, 2.75) is 103 Å². The number of rotatable bonds is 17. The van der Waals surface area contributed by atoms with Crippen LogP contribution in [0.25, 0.3) is 0 Å². The summed E-state index contributed by atoms with van der Waals surface area (Å²) in [5, 5.41) is 0. The molecule has 1 heteroatoms. The zero-order chi connectivity index (χ0) is 16.8. The summed E-state index contributed by atoms with van der Waals surface area (Å²) in [5.41, 5.74) is 0. The van der Waals surface area contributed by atoms with Crippen molar-refractivity contribution in [1.29, 1.82) is 0 Å². The second-order valence-corrected chi connectivity index (χ2v) is 6.45. The fourth-order valence-corrected chi connectivity index (χ4v) is 2.73. The lowest BCUT2D eigenvalue weighted by molar-refractivity contribution is 0.540. The van der Waals surface area contributed by atoms with Gasteiger partial charge in [-0.15, -0.1) is 0 Å². The summed E-state index contributed by atoms with van der Waals surface area (Å²) in [6.07, 6.45) is 30.0. The molecule has 0 fully saturated rings. The van der Waals surface area contributed by atoms with Gasteiger partial charge in [-0.3, -0.25) is 0 Å². The number of unbranched alkanes of at least 4 members (excludes halogenated alkanes) is 13. The zero-order valence-corrected chi connectivity index (χ0v) is 15.4. The van der Waals surface area contributed by atoms with Gasteiger partial charge in [-0.2, -0.15) is 0 Å². The third-order valence-electron chi connectivity index (χ3n) is 4.19. The highest BCUT2D eigenvalue weighted by atomic mass is 16.1. The second-order valence-electron chi connectivity index (χ2n) is 6.45. The van der Waals surface area contributed by atoms with E-state index in [4.69, 9.17) is 0 Å². The fourth-order valence-electron chi connectivity index (χ4n) is 2.73. The van der Waals surface area contributed by atoms with Gasteiger partial charge in [-0.25, -0.2) is 4.79 Å². The lowest BCUT2D eigenvalue weighted by Gasteiger charge is -2.02. The van der Waals surface area contributed by atoms with Gasteiger partial charge >= 0.3 is 0 Å². The van der Waals surface area contributed by atoms with Gasteiger partial charge in [0.05, 0.1) is 0 Å². The quantitative estimate of drug-likeness (QED) is 0.155. The van der Waals surface area contributed by atoms with E-state index < -0.39 is 0 Å². The van der Waals surface area contributed by atoms with Gasteiger partial charge in [0.15, 0.2) is 0 Å². The smallest absolute Gasteiger partial charge is 0.120 e. The molecule has 0 atom stereocenters. The van der Waals surface area contributed by atoms with Crippen LogP contribution in [0.4, 0.5) is 0 Å². The summed E-state index contributed by atoms with van der Waals surface area (Å²) >= 11 is 0. The largest absolute Gasteiger partial charge is 0.234 e. The van der Waals surface area contributed by atoms with E-state index >= 15 is 0 Å². The van der Waals surface area contributed by atoms with Crippen LogP contribution in [0.2, 0.25) is 0 Å². The Morgan fingerprint density at radius 3 is 1.65 bits per heavy atom. The summed E-state index contributed by atoms with van der Waals surface area (Å²) in [4.78, 5) is 9.95. The Bertz CT molecular complexity index is 321. The maximum absolute atomic E-state index is 9.95. The molecule has 0 N–H and O–H groups in total. The number of hydrogen-bond acceptors (Lipinski definition) is 1. The highest BCUT2D eigenvalue weighted by Gasteiger charge is 1.93. The standard InChI is InChI=1S/C22H38O/c1-2-3-4-5-6-7-8-9-10-11-12-13-14-15-16-17-18-19-20-21-22-23/h16-19,21H,2-15,20H2,1H3/b17-16+,19-18+. The Kier molecular flexibility index (Phi) is 20.0. The molecule has 0 rings (SSSR count). The lowest BCUT2D eigenvalue weighted by Crippen LogP contribution is -1.82.